The van der Waals surface area contributed by atoms with Gasteiger partial charge in [0.05, 0.1) is 5.60 Å². The van der Waals surface area contributed by atoms with Crippen LogP contribution in [-0.2, 0) is 0 Å². The van der Waals surface area contributed by atoms with Crippen LogP contribution in [0.4, 0.5) is 0 Å². The van der Waals surface area contributed by atoms with E-state index in [4.69, 9.17) is 51.5 Å². The first kappa shape index (κ1) is 18.0. The van der Waals surface area contributed by atoms with E-state index < -0.39 is 8.85 Å². The van der Waals surface area contributed by atoms with Crippen molar-refractivity contribution in [1.29, 1.82) is 0 Å². The molecule has 0 heterocycles. The minimum atomic E-state index is -1.61. The molecule has 6 heteroatoms. The molecule has 0 unspecified atom stereocenters. The number of halogens is 4. The Morgan fingerprint density at radius 2 is 0.909 bits per heavy atom. The van der Waals surface area contributed by atoms with Crippen LogP contribution in [0.25, 0.3) is 0 Å². The molecule has 3 N–H and O–H groups in total. The summed E-state index contributed by atoms with van der Waals surface area (Å²) in [6.07, 6.45) is 0. The van der Waals surface area contributed by atoms with E-state index in [2.05, 4.69) is 0 Å². The van der Waals surface area contributed by atoms with Crippen molar-refractivity contribution in [3.8, 4) is 0 Å². The number of hydrogen-bond acceptors (Lipinski definition) is 1. The molecule has 0 aliphatic carbocycles. The van der Waals surface area contributed by atoms with Gasteiger partial charge in [-0.2, -0.15) is 0 Å². The monoisotopic (exact) mass is 244 g/mol. The molecular formula is C5H12Cl4O2. The first-order chi connectivity index (χ1) is 4.00. The second-order valence-corrected chi connectivity index (χ2v) is 6.03. The molecule has 72 valence electrons. The van der Waals surface area contributed by atoms with Gasteiger partial charge >= 0.3 is 0 Å². The normalized spacial score (nSPS) is 10.9. The van der Waals surface area contributed by atoms with E-state index in [1.165, 1.54) is 0 Å². The molecule has 0 saturated carbocycles. The van der Waals surface area contributed by atoms with Crippen LogP contribution in [0, 0.1) is 0 Å². The van der Waals surface area contributed by atoms with Crippen molar-refractivity contribution >= 4 is 46.4 Å². The Morgan fingerprint density at radius 3 is 0.909 bits per heavy atom. The molecule has 0 radical (unpaired) electrons. The van der Waals surface area contributed by atoms with Crippen LogP contribution in [0.1, 0.15) is 20.8 Å². The van der Waals surface area contributed by atoms with Crippen LogP contribution < -0.4 is 0 Å². The molecule has 0 aliphatic rings. The van der Waals surface area contributed by atoms with Crippen molar-refractivity contribution in [3.63, 3.8) is 0 Å². The topological polar surface area (TPSA) is 51.7 Å². The molecule has 0 spiro atoms. The summed E-state index contributed by atoms with van der Waals surface area (Å²) in [5.41, 5.74) is -0.500. The highest BCUT2D eigenvalue weighted by Gasteiger charge is 2.11. The lowest BCUT2D eigenvalue weighted by atomic mass is 10.2. The Balaban J connectivity index is -0.000000107. The number of alkyl halides is 4. The summed E-state index contributed by atoms with van der Waals surface area (Å²) in [4.78, 5) is 0. The number of rotatable bonds is 0. The van der Waals surface area contributed by atoms with Gasteiger partial charge in [-0.05, 0) is 20.8 Å². The summed E-state index contributed by atoms with van der Waals surface area (Å²) in [5.74, 6) is 0. The standard InChI is InChI=1S/C4H10O.CCl4.H2O/c1-4(2,3)5;2-1(3,4)5;/h5H,1-3H3;;1H2. The molecule has 0 bridgehead atoms. The van der Waals surface area contributed by atoms with E-state index >= 15 is 0 Å². The first-order valence-electron chi connectivity index (χ1n) is 2.48. The zero-order chi connectivity index (χ0) is 9.00. The maximum atomic E-state index is 8.52. The van der Waals surface area contributed by atoms with Gasteiger partial charge in [0.25, 0.3) is 3.25 Å². The predicted octanol–water partition coefficient (Wildman–Crippen LogP) is 2.51. The Labute approximate surface area is 86.7 Å². The van der Waals surface area contributed by atoms with Gasteiger partial charge in [0.1, 0.15) is 0 Å². The highest BCUT2D eigenvalue weighted by atomic mass is 35.6. The van der Waals surface area contributed by atoms with Crippen molar-refractivity contribution in [1.82, 2.24) is 0 Å². The van der Waals surface area contributed by atoms with Crippen molar-refractivity contribution in [2.75, 3.05) is 0 Å². The van der Waals surface area contributed by atoms with Gasteiger partial charge < -0.3 is 10.6 Å². The van der Waals surface area contributed by atoms with Gasteiger partial charge in [-0.3, -0.25) is 0 Å². The quantitative estimate of drug-likeness (QED) is 0.656. The third-order valence-electron chi connectivity index (χ3n) is 0. The van der Waals surface area contributed by atoms with E-state index in [-0.39, 0.29) is 5.48 Å². The van der Waals surface area contributed by atoms with Crippen LogP contribution in [0.15, 0.2) is 0 Å². The fourth-order valence-corrected chi connectivity index (χ4v) is 0. The molecule has 0 fully saturated rings. The summed E-state index contributed by atoms with van der Waals surface area (Å²) in [5, 5.41) is 8.52. The summed E-state index contributed by atoms with van der Waals surface area (Å²) < 4.78 is -1.61. The molecule has 0 aromatic carbocycles. The molecule has 11 heavy (non-hydrogen) atoms. The average Bonchev–Trinajstić information content (AvgIpc) is 1.12. The zero-order valence-electron chi connectivity index (χ0n) is 6.46. The molecule has 2 nitrogen and oxygen atoms in total. The van der Waals surface area contributed by atoms with Gasteiger partial charge in [0.2, 0.25) is 0 Å². The van der Waals surface area contributed by atoms with Gasteiger partial charge in [-0.25, -0.2) is 0 Å². The maximum Gasteiger partial charge on any atom is 0.266 e. The van der Waals surface area contributed by atoms with E-state index in [0.717, 1.165) is 0 Å². The first-order valence-corrected chi connectivity index (χ1v) is 3.99. The fourth-order valence-electron chi connectivity index (χ4n) is 0. The van der Waals surface area contributed by atoms with Gasteiger partial charge in [-0.1, -0.05) is 46.4 Å². The second kappa shape index (κ2) is 6.58. The molecule has 0 saturated heterocycles. The summed E-state index contributed by atoms with van der Waals surface area (Å²) >= 11 is 19.3. The largest absolute Gasteiger partial charge is 0.412 e. The van der Waals surface area contributed by atoms with E-state index in [0.29, 0.717) is 0 Å². The SMILES string of the molecule is CC(C)(C)O.ClC(Cl)(Cl)Cl.O. The molecule has 0 amide bonds. The lowest BCUT2D eigenvalue weighted by Gasteiger charge is -2.04. The molecule has 0 aliphatic heterocycles. The van der Waals surface area contributed by atoms with E-state index in [1.807, 2.05) is 0 Å². The lowest BCUT2D eigenvalue weighted by Crippen LogP contribution is -2.10. The molecular weight excluding hydrogens is 234 g/mol. The zero-order valence-corrected chi connectivity index (χ0v) is 9.48. The van der Waals surface area contributed by atoms with Crippen LogP contribution in [0.3, 0.4) is 0 Å². The smallest absolute Gasteiger partial charge is 0.266 e. The lowest BCUT2D eigenvalue weighted by molar-refractivity contribution is 0.102. The third kappa shape index (κ3) is 783. The van der Waals surface area contributed by atoms with Crippen molar-refractivity contribution in [3.05, 3.63) is 0 Å². The summed E-state index contributed by atoms with van der Waals surface area (Å²) in [7, 11) is 0. The van der Waals surface area contributed by atoms with Crippen molar-refractivity contribution < 1.29 is 10.6 Å². The Morgan fingerprint density at radius 1 is 0.909 bits per heavy atom. The highest BCUT2D eigenvalue weighted by Crippen LogP contribution is 2.29. The average molecular weight is 246 g/mol. The van der Waals surface area contributed by atoms with Gasteiger partial charge in [-0.15, -0.1) is 0 Å². The Hall–Kier alpha value is 1.08. The minimum Gasteiger partial charge on any atom is -0.412 e. The Kier molecular flexibility index (Phi) is 10.8. The van der Waals surface area contributed by atoms with Crippen LogP contribution in [0.2, 0.25) is 0 Å². The number of hydrogen-bond donors (Lipinski definition) is 1. The van der Waals surface area contributed by atoms with Crippen molar-refractivity contribution in [2.45, 2.75) is 29.6 Å². The van der Waals surface area contributed by atoms with E-state index in [9.17, 15) is 0 Å². The van der Waals surface area contributed by atoms with Crippen LogP contribution >= 0.6 is 46.4 Å². The van der Waals surface area contributed by atoms with Gasteiger partial charge in [0.15, 0.2) is 0 Å². The predicted molar refractivity (Wildman–Crippen MR) is 51.7 cm³/mol. The molecule has 0 aromatic heterocycles. The van der Waals surface area contributed by atoms with Crippen LogP contribution in [0.5, 0.6) is 0 Å². The van der Waals surface area contributed by atoms with Crippen LogP contribution in [-0.4, -0.2) is 19.4 Å². The maximum absolute atomic E-state index is 8.52. The summed E-state index contributed by atoms with van der Waals surface area (Å²) in [6.45, 7) is 5.23. The summed E-state index contributed by atoms with van der Waals surface area (Å²) in [6, 6.07) is 0. The van der Waals surface area contributed by atoms with Crippen molar-refractivity contribution in [2.24, 2.45) is 0 Å². The molecule has 0 rings (SSSR count). The third-order valence-corrected chi connectivity index (χ3v) is 0. The van der Waals surface area contributed by atoms with Gasteiger partial charge in [0, 0.05) is 0 Å². The highest BCUT2D eigenvalue weighted by molar-refractivity contribution is 6.83. The second-order valence-electron chi connectivity index (χ2n) is 2.60. The Bertz CT molecular complexity index is 59.5. The number of aliphatic hydroxyl groups is 1. The molecule has 0 aromatic rings. The minimum absolute atomic E-state index is 0. The fraction of sp³-hybridized carbons (Fsp3) is 1.00. The van der Waals surface area contributed by atoms with E-state index in [1.54, 1.807) is 20.8 Å². The molecule has 0 atom stereocenters.